The Morgan fingerprint density at radius 2 is 2.33 bits per heavy atom. The standard InChI is InChI=1S/C12H15N5O3S/c1-8(10-3-2-6-21-10)14-12(20)13-4-5-17-7-9(11(18)19)15-16-17/h2-3,6-8H,4-5H2,1H3,(H,18,19)(H2,13,14,20). The maximum atomic E-state index is 11.7. The molecule has 3 N–H and O–H groups in total. The number of urea groups is 1. The van der Waals surface area contributed by atoms with Gasteiger partial charge in [0.15, 0.2) is 5.69 Å². The molecular formula is C12H15N5O3S. The predicted molar refractivity (Wildman–Crippen MR) is 76.2 cm³/mol. The fourth-order valence-corrected chi connectivity index (χ4v) is 2.38. The molecule has 8 nitrogen and oxygen atoms in total. The zero-order valence-corrected chi connectivity index (χ0v) is 12.1. The molecule has 112 valence electrons. The molecule has 9 heteroatoms. The first kappa shape index (κ1) is 15.0. The Kier molecular flexibility index (Phi) is 4.88. The van der Waals surface area contributed by atoms with Crippen molar-refractivity contribution >= 4 is 23.3 Å². The summed E-state index contributed by atoms with van der Waals surface area (Å²) in [5.74, 6) is -1.13. The number of carboxylic acids is 1. The van der Waals surface area contributed by atoms with E-state index >= 15 is 0 Å². The molecule has 2 heterocycles. The molecule has 0 fully saturated rings. The predicted octanol–water partition coefficient (Wildman–Crippen LogP) is 1.10. The lowest BCUT2D eigenvalue weighted by Crippen LogP contribution is -2.38. The Labute approximate surface area is 124 Å². The number of amides is 2. The molecular weight excluding hydrogens is 294 g/mol. The number of carbonyl (C=O) groups excluding carboxylic acids is 1. The smallest absolute Gasteiger partial charge is 0.358 e. The van der Waals surface area contributed by atoms with Crippen molar-refractivity contribution in [3.05, 3.63) is 34.3 Å². The van der Waals surface area contributed by atoms with Crippen molar-refractivity contribution in [3.63, 3.8) is 0 Å². The van der Waals surface area contributed by atoms with Crippen LogP contribution in [0.2, 0.25) is 0 Å². The number of rotatable bonds is 6. The number of nitrogens with one attached hydrogen (secondary N) is 2. The van der Waals surface area contributed by atoms with Crippen LogP contribution in [0.15, 0.2) is 23.7 Å². The first-order valence-electron chi connectivity index (χ1n) is 6.27. The molecule has 0 spiro atoms. The van der Waals surface area contributed by atoms with Crippen LogP contribution in [0.4, 0.5) is 4.79 Å². The molecule has 2 aromatic heterocycles. The minimum absolute atomic E-state index is 0.0602. The van der Waals surface area contributed by atoms with Gasteiger partial charge in [-0.25, -0.2) is 14.3 Å². The number of aromatic carboxylic acids is 1. The van der Waals surface area contributed by atoms with Crippen molar-refractivity contribution in [1.29, 1.82) is 0 Å². The van der Waals surface area contributed by atoms with E-state index in [1.54, 1.807) is 11.3 Å². The van der Waals surface area contributed by atoms with E-state index in [2.05, 4.69) is 20.9 Å². The molecule has 1 unspecified atom stereocenters. The fraction of sp³-hybridized carbons (Fsp3) is 0.333. The molecule has 0 radical (unpaired) electrons. The van der Waals surface area contributed by atoms with Crippen molar-refractivity contribution < 1.29 is 14.7 Å². The quantitative estimate of drug-likeness (QED) is 0.740. The van der Waals surface area contributed by atoms with Crippen LogP contribution in [0.3, 0.4) is 0 Å². The zero-order valence-electron chi connectivity index (χ0n) is 11.3. The van der Waals surface area contributed by atoms with Gasteiger partial charge >= 0.3 is 12.0 Å². The number of thiophene rings is 1. The summed E-state index contributed by atoms with van der Waals surface area (Å²) in [5.41, 5.74) is -0.120. The largest absolute Gasteiger partial charge is 0.476 e. The lowest BCUT2D eigenvalue weighted by molar-refractivity contribution is 0.0690. The van der Waals surface area contributed by atoms with E-state index in [4.69, 9.17) is 5.11 Å². The number of aromatic nitrogens is 3. The Balaban J connectivity index is 1.72. The highest BCUT2D eigenvalue weighted by molar-refractivity contribution is 7.10. The molecule has 21 heavy (non-hydrogen) atoms. The minimum atomic E-state index is -1.13. The van der Waals surface area contributed by atoms with Gasteiger partial charge in [0.05, 0.1) is 18.8 Å². The van der Waals surface area contributed by atoms with Crippen LogP contribution in [-0.2, 0) is 6.54 Å². The van der Waals surface area contributed by atoms with Crippen LogP contribution in [0, 0.1) is 0 Å². The summed E-state index contributed by atoms with van der Waals surface area (Å²) in [4.78, 5) is 23.4. The van der Waals surface area contributed by atoms with Crippen molar-refractivity contribution in [2.75, 3.05) is 6.54 Å². The van der Waals surface area contributed by atoms with Crippen LogP contribution in [0.5, 0.6) is 0 Å². The van der Waals surface area contributed by atoms with Crippen LogP contribution in [0.25, 0.3) is 0 Å². The lowest BCUT2D eigenvalue weighted by atomic mass is 10.3. The van der Waals surface area contributed by atoms with Gasteiger partial charge in [0.1, 0.15) is 0 Å². The van der Waals surface area contributed by atoms with Gasteiger partial charge in [0.25, 0.3) is 0 Å². The molecule has 0 aliphatic heterocycles. The van der Waals surface area contributed by atoms with Crippen LogP contribution < -0.4 is 10.6 Å². The second-order valence-electron chi connectivity index (χ2n) is 4.31. The first-order chi connectivity index (χ1) is 10.1. The highest BCUT2D eigenvalue weighted by atomic mass is 32.1. The molecule has 0 aromatic carbocycles. The van der Waals surface area contributed by atoms with Gasteiger partial charge in [-0.2, -0.15) is 0 Å². The third-order valence-corrected chi connectivity index (χ3v) is 3.76. The zero-order chi connectivity index (χ0) is 15.2. The third kappa shape index (κ3) is 4.28. The maximum Gasteiger partial charge on any atom is 0.358 e. The molecule has 0 aliphatic rings. The van der Waals surface area contributed by atoms with Gasteiger partial charge < -0.3 is 15.7 Å². The van der Waals surface area contributed by atoms with Crippen molar-refractivity contribution in [2.45, 2.75) is 19.5 Å². The molecule has 0 bridgehead atoms. The van der Waals surface area contributed by atoms with Gasteiger partial charge in [-0.15, -0.1) is 16.4 Å². The Hall–Kier alpha value is -2.42. The molecule has 0 saturated carbocycles. The molecule has 0 saturated heterocycles. The van der Waals surface area contributed by atoms with E-state index in [0.717, 1.165) is 4.88 Å². The summed E-state index contributed by atoms with van der Waals surface area (Å²) >= 11 is 1.58. The molecule has 1 atom stereocenters. The van der Waals surface area contributed by atoms with Gasteiger partial charge in [0.2, 0.25) is 0 Å². The average molecular weight is 309 g/mol. The van der Waals surface area contributed by atoms with E-state index in [0.29, 0.717) is 13.1 Å². The van der Waals surface area contributed by atoms with E-state index in [1.807, 2.05) is 24.4 Å². The summed E-state index contributed by atoms with van der Waals surface area (Å²) in [7, 11) is 0. The van der Waals surface area contributed by atoms with Crippen LogP contribution >= 0.6 is 11.3 Å². The number of nitrogens with zero attached hydrogens (tertiary/aromatic N) is 3. The van der Waals surface area contributed by atoms with E-state index in [1.165, 1.54) is 10.9 Å². The lowest BCUT2D eigenvalue weighted by Gasteiger charge is -2.13. The van der Waals surface area contributed by atoms with Crippen LogP contribution in [0.1, 0.15) is 28.3 Å². The summed E-state index contributed by atoms with van der Waals surface area (Å²) in [6, 6.07) is 3.55. The third-order valence-electron chi connectivity index (χ3n) is 2.70. The Bertz CT molecular complexity index is 610. The number of carbonyl (C=O) groups is 2. The summed E-state index contributed by atoms with van der Waals surface area (Å²) < 4.78 is 1.37. The molecule has 2 amide bonds. The fourth-order valence-electron chi connectivity index (χ4n) is 1.65. The van der Waals surface area contributed by atoms with Gasteiger partial charge in [0, 0.05) is 11.4 Å². The second kappa shape index (κ2) is 6.84. The van der Waals surface area contributed by atoms with Gasteiger partial charge in [-0.1, -0.05) is 11.3 Å². The van der Waals surface area contributed by atoms with Crippen LogP contribution in [-0.4, -0.2) is 38.6 Å². The monoisotopic (exact) mass is 309 g/mol. The SMILES string of the molecule is CC(NC(=O)NCCn1cc(C(=O)O)nn1)c1cccs1. The van der Waals surface area contributed by atoms with Crippen molar-refractivity contribution in [1.82, 2.24) is 25.6 Å². The highest BCUT2D eigenvalue weighted by Crippen LogP contribution is 2.17. The van der Waals surface area contributed by atoms with E-state index in [-0.39, 0.29) is 17.8 Å². The number of hydrogen-bond acceptors (Lipinski definition) is 5. The first-order valence-corrected chi connectivity index (χ1v) is 7.15. The van der Waals surface area contributed by atoms with Gasteiger partial charge in [-0.05, 0) is 18.4 Å². The normalized spacial score (nSPS) is 11.9. The second-order valence-corrected chi connectivity index (χ2v) is 5.29. The van der Waals surface area contributed by atoms with E-state index in [9.17, 15) is 9.59 Å². The van der Waals surface area contributed by atoms with Crippen molar-refractivity contribution in [3.8, 4) is 0 Å². The maximum absolute atomic E-state index is 11.7. The average Bonchev–Trinajstić information content (AvgIpc) is 3.10. The molecule has 0 aliphatic carbocycles. The molecule has 2 aromatic rings. The summed E-state index contributed by atoms with van der Waals surface area (Å²) in [5, 5.41) is 23.3. The highest BCUT2D eigenvalue weighted by Gasteiger charge is 2.10. The summed E-state index contributed by atoms with van der Waals surface area (Å²) in [6.45, 7) is 2.58. The number of hydrogen-bond donors (Lipinski definition) is 3. The Morgan fingerprint density at radius 3 is 2.95 bits per heavy atom. The molecule has 2 rings (SSSR count). The van der Waals surface area contributed by atoms with Gasteiger partial charge in [-0.3, -0.25) is 0 Å². The minimum Gasteiger partial charge on any atom is -0.476 e. The topological polar surface area (TPSA) is 109 Å². The number of carboxylic acid groups (broad SMARTS) is 1. The van der Waals surface area contributed by atoms with E-state index < -0.39 is 5.97 Å². The summed E-state index contributed by atoms with van der Waals surface area (Å²) in [6.07, 6.45) is 1.32. The Morgan fingerprint density at radius 1 is 1.52 bits per heavy atom. The van der Waals surface area contributed by atoms with Crippen molar-refractivity contribution in [2.24, 2.45) is 0 Å².